The van der Waals surface area contributed by atoms with E-state index in [9.17, 15) is 4.79 Å². The Morgan fingerprint density at radius 1 is 0.966 bits per heavy atom. The number of aromatic nitrogens is 3. The number of amides is 1. The maximum Gasteiger partial charge on any atom is 0.251 e. The fourth-order valence-corrected chi connectivity index (χ4v) is 3.49. The lowest BCUT2D eigenvalue weighted by molar-refractivity contribution is 0.0951. The number of aryl methyl sites for hydroxylation is 1. The number of hydrogen-bond donors (Lipinski definition) is 1. The van der Waals surface area contributed by atoms with Crippen molar-refractivity contribution in [1.82, 2.24) is 19.7 Å². The Hall–Kier alpha value is -3.60. The number of carbonyl (C=O) groups is 1. The third kappa shape index (κ3) is 4.14. The number of nitrogens with zero attached hydrogens (tertiary/aromatic N) is 3. The van der Waals surface area contributed by atoms with Crippen LogP contribution in [0.1, 0.15) is 32.9 Å². The van der Waals surface area contributed by atoms with Crippen LogP contribution in [0.5, 0.6) is 0 Å². The summed E-state index contributed by atoms with van der Waals surface area (Å²) < 4.78 is 3.98. The van der Waals surface area contributed by atoms with Gasteiger partial charge in [0.15, 0.2) is 0 Å². The van der Waals surface area contributed by atoms with Crippen LogP contribution < -0.4 is 5.32 Å². The van der Waals surface area contributed by atoms with Gasteiger partial charge in [-0.2, -0.15) is 5.10 Å². The van der Waals surface area contributed by atoms with Crippen molar-refractivity contribution in [2.24, 2.45) is 0 Å². The molecule has 4 rings (SSSR count). The van der Waals surface area contributed by atoms with Gasteiger partial charge in [0, 0.05) is 41.4 Å². The maximum absolute atomic E-state index is 12.7. The molecule has 0 saturated heterocycles. The molecule has 2 heterocycles. The molecule has 4 aromatic rings. The lowest BCUT2D eigenvalue weighted by atomic mass is 10.1. The van der Waals surface area contributed by atoms with Gasteiger partial charge >= 0.3 is 0 Å². The van der Waals surface area contributed by atoms with Gasteiger partial charge in [0.1, 0.15) is 0 Å². The van der Waals surface area contributed by atoms with E-state index >= 15 is 0 Å². The monoisotopic (exact) mass is 384 g/mol. The van der Waals surface area contributed by atoms with Crippen LogP contribution in [-0.2, 0) is 13.1 Å². The Morgan fingerprint density at radius 2 is 1.72 bits per heavy atom. The van der Waals surface area contributed by atoms with Gasteiger partial charge in [-0.1, -0.05) is 36.4 Å². The summed E-state index contributed by atoms with van der Waals surface area (Å²) in [6, 6.07) is 21.8. The molecule has 5 nitrogen and oxygen atoms in total. The van der Waals surface area contributed by atoms with Crippen molar-refractivity contribution in [3.05, 3.63) is 107 Å². The van der Waals surface area contributed by atoms with Crippen LogP contribution in [0.3, 0.4) is 0 Å². The fourth-order valence-electron chi connectivity index (χ4n) is 3.49. The summed E-state index contributed by atoms with van der Waals surface area (Å²) in [4.78, 5) is 12.7. The first kappa shape index (κ1) is 18.7. The van der Waals surface area contributed by atoms with Crippen LogP contribution in [0.25, 0.3) is 5.69 Å². The van der Waals surface area contributed by atoms with E-state index in [1.165, 1.54) is 5.56 Å². The van der Waals surface area contributed by atoms with E-state index in [0.717, 1.165) is 29.2 Å². The van der Waals surface area contributed by atoms with Crippen LogP contribution >= 0.6 is 0 Å². The third-order valence-corrected chi connectivity index (χ3v) is 5.14. The molecule has 1 N–H and O–H groups in total. The van der Waals surface area contributed by atoms with Gasteiger partial charge in [0.25, 0.3) is 5.91 Å². The second-order valence-electron chi connectivity index (χ2n) is 7.12. The molecule has 29 heavy (non-hydrogen) atoms. The summed E-state index contributed by atoms with van der Waals surface area (Å²) in [5.41, 5.74) is 5.90. The molecular weight excluding hydrogens is 360 g/mol. The van der Waals surface area contributed by atoms with E-state index in [4.69, 9.17) is 0 Å². The summed E-state index contributed by atoms with van der Waals surface area (Å²) >= 11 is 0. The predicted octanol–water partition coefficient (Wildman–Crippen LogP) is 4.27. The molecule has 0 fully saturated rings. The van der Waals surface area contributed by atoms with Gasteiger partial charge in [0.05, 0.1) is 12.2 Å². The second-order valence-corrected chi connectivity index (χ2v) is 7.12. The van der Waals surface area contributed by atoms with Crippen molar-refractivity contribution in [2.45, 2.75) is 26.9 Å². The van der Waals surface area contributed by atoms with Gasteiger partial charge in [-0.25, -0.2) is 0 Å². The van der Waals surface area contributed by atoms with Gasteiger partial charge in [0.2, 0.25) is 0 Å². The topological polar surface area (TPSA) is 51.9 Å². The molecule has 0 aliphatic carbocycles. The normalized spacial score (nSPS) is 10.8. The smallest absolute Gasteiger partial charge is 0.251 e. The summed E-state index contributed by atoms with van der Waals surface area (Å²) in [6.07, 6.45) is 3.93. The van der Waals surface area contributed by atoms with Crippen molar-refractivity contribution in [1.29, 1.82) is 0 Å². The molecule has 0 aliphatic heterocycles. The van der Waals surface area contributed by atoms with Crippen molar-refractivity contribution in [3.63, 3.8) is 0 Å². The van der Waals surface area contributed by atoms with Crippen LogP contribution in [0.4, 0.5) is 0 Å². The molecule has 0 atom stereocenters. The van der Waals surface area contributed by atoms with Crippen molar-refractivity contribution in [3.8, 4) is 5.69 Å². The highest BCUT2D eigenvalue weighted by molar-refractivity contribution is 5.94. The molecular formula is C24H24N4O. The first-order valence-corrected chi connectivity index (χ1v) is 9.70. The minimum absolute atomic E-state index is 0.0892. The van der Waals surface area contributed by atoms with E-state index in [0.29, 0.717) is 12.1 Å². The van der Waals surface area contributed by atoms with Gasteiger partial charge in [-0.3, -0.25) is 9.48 Å². The average molecular weight is 384 g/mol. The standard InChI is InChI=1S/C24H24N4O/c1-18-23(19(2)28(26-18)17-20-9-4-3-5-10-20)16-25-24(29)21-11-8-12-22(15-21)27-13-6-7-14-27/h3-15H,16-17H2,1-2H3,(H,25,29). The van der Waals surface area contributed by atoms with E-state index in [1.807, 2.05) is 83.2 Å². The zero-order valence-corrected chi connectivity index (χ0v) is 16.7. The fraction of sp³-hybridized carbons (Fsp3) is 0.167. The molecule has 0 radical (unpaired) electrons. The molecule has 0 spiro atoms. The first-order chi connectivity index (χ1) is 14.1. The minimum Gasteiger partial charge on any atom is -0.348 e. The Morgan fingerprint density at radius 3 is 2.48 bits per heavy atom. The maximum atomic E-state index is 12.7. The van der Waals surface area contributed by atoms with E-state index < -0.39 is 0 Å². The molecule has 0 aliphatic rings. The molecule has 0 bridgehead atoms. The SMILES string of the molecule is Cc1nn(Cc2ccccc2)c(C)c1CNC(=O)c1cccc(-n2cccc2)c1. The quantitative estimate of drug-likeness (QED) is 0.540. The van der Waals surface area contributed by atoms with Crippen LogP contribution in [-0.4, -0.2) is 20.3 Å². The number of rotatable bonds is 6. The highest BCUT2D eigenvalue weighted by Gasteiger charge is 2.14. The lowest BCUT2D eigenvalue weighted by Crippen LogP contribution is -2.23. The Balaban J connectivity index is 1.47. The molecule has 146 valence electrons. The molecule has 1 amide bonds. The van der Waals surface area contributed by atoms with Gasteiger partial charge < -0.3 is 9.88 Å². The molecule has 0 saturated carbocycles. The minimum atomic E-state index is -0.0892. The summed E-state index contributed by atoms with van der Waals surface area (Å²) in [5.74, 6) is -0.0892. The highest BCUT2D eigenvalue weighted by Crippen LogP contribution is 2.16. The number of hydrogen-bond acceptors (Lipinski definition) is 2. The zero-order valence-electron chi connectivity index (χ0n) is 16.7. The zero-order chi connectivity index (χ0) is 20.2. The lowest BCUT2D eigenvalue weighted by Gasteiger charge is -2.09. The summed E-state index contributed by atoms with van der Waals surface area (Å²) in [5, 5.41) is 7.71. The highest BCUT2D eigenvalue weighted by atomic mass is 16.1. The Labute approximate surface area is 170 Å². The largest absolute Gasteiger partial charge is 0.348 e. The van der Waals surface area contributed by atoms with E-state index in [1.54, 1.807) is 0 Å². The predicted molar refractivity (Wildman–Crippen MR) is 114 cm³/mol. The summed E-state index contributed by atoms with van der Waals surface area (Å²) in [7, 11) is 0. The average Bonchev–Trinajstić information content (AvgIpc) is 3.37. The number of carbonyl (C=O) groups excluding carboxylic acids is 1. The van der Waals surface area contributed by atoms with Crippen molar-refractivity contribution in [2.75, 3.05) is 0 Å². The van der Waals surface area contributed by atoms with Crippen LogP contribution in [0.15, 0.2) is 79.1 Å². The number of nitrogens with one attached hydrogen (secondary N) is 1. The van der Waals surface area contributed by atoms with Crippen molar-refractivity contribution >= 4 is 5.91 Å². The molecule has 0 unspecified atom stereocenters. The van der Waals surface area contributed by atoms with E-state index in [-0.39, 0.29) is 5.91 Å². The van der Waals surface area contributed by atoms with E-state index in [2.05, 4.69) is 29.5 Å². The van der Waals surface area contributed by atoms with Crippen molar-refractivity contribution < 1.29 is 4.79 Å². The third-order valence-electron chi connectivity index (χ3n) is 5.14. The first-order valence-electron chi connectivity index (χ1n) is 9.70. The van der Waals surface area contributed by atoms with Crippen LogP contribution in [0, 0.1) is 13.8 Å². The van der Waals surface area contributed by atoms with Gasteiger partial charge in [-0.05, 0) is 49.7 Å². The molecule has 5 heteroatoms. The Kier molecular flexibility index (Phi) is 5.29. The Bertz CT molecular complexity index is 1110. The second kappa shape index (κ2) is 8.19. The van der Waals surface area contributed by atoms with Crippen LogP contribution in [0.2, 0.25) is 0 Å². The molecule has 2 aromatic carbocycles. The summed E-state index contributed by atoms with van der Waals surface area (Å²) in [6.45, 7) is 5.22. The van der Waals surface area contributed by atoms with Gasteiger partial charge in [-0.15, -0.1) is 0 Å². The molecule has 2 aromatic heterocycles. The number of benzene rings is 2.